The number of rotatable bonds is 7. The Bertz CT molecular complexity index is 1300. The fourth-order valence-corrected chi connectivity index (χ4v) is 5.33. The van der Waals surface area contributed by atoms with Gasteiger partial charge < -0.3 is 19.0 Å². The summed E-state index contributed by atoms with van der Waals surface area (Å²) in [5.74, 6) is 1.48. The van der Waals surface area contributed by atoms with Crippen LogP contribution in [-0.2, 0) is 11.5 Å². The third kappa shape index (κ3) is 4.44. The maximum Gasteiger partial charge on any atom is 0.306 e. The first kappa shape index (κ1) is 22.9. The number of oxazole rings is 1. The van der Waals surface area contributed by atoms with Crippen molar-refractivity contribution < 1.29 is 13.7 Å². The van der Waals surface area contributed by atoms with Crippen molar-refractivity contribution in [3.63, 3.8) is 0 Å². The number of hydrogen-bond donors (Lipinski definition) is 1. The average Bonchev–Trinajstić information content (AvgIpc) is 3.44. The zero-order valence-corrected chi connectivity index (χ0v) is 20.3. The molecule has 12 heteroatoms. The Morgan fingerprint density at radius 3 is 3.00 bits per heavy atom. The van der Waals surface area contributed by atoms with Gasteiger partial charge in [-0.2, -0.15) is 4.98 Å². The van der Waals surface area contributed by atoms with E-state index >= 15 is 0 Å². The summed E-state index contributed by atoms with van der Waals surface area (Å²) >= 11 is 5.11. The third-order valence-electron chi connectivity index (χ3n) is 5.60. The van der Waals surface area contributed by atoms with E-state index in [0.29, 0.717) is 47.0 Å². The molecular weight excluding hydrogens is 478 g/mol. The topological polar surface area (TPSA) is 107 Å². The van der Waals surface area contributed by atoms with Gasteiger partial charge in [0, 0.05) is 44.6 Å². The van der Waals surface area contributed by atoms with Crippen LogP contribution in [0.5, 0.6) is 5.75 Å². The number of hydrogen-bond acceptors (Lipinski definition) is 9. The van der Waals surface area contributed by atoms with Crippen LogP contribution < -0.4 is 10.1 Å². The first-order valence-electron chi connectivity index (χ1n) is 10.8. The molecule has 1 fully saturated rings. The molecule has 1 aliphatic rings. The number of imidazole rings is 1. The van der Waals surface area contributed by atoms with Crippen molar-refractivity contribution in [1.82, 2.24) is 28.0 Å². The molecule has 10 nitrogen and oxygen atoms in total. The number of nitrogens with one attached hydrogen (secondary N) is 1. The summed E-state index contributed by atoms with van der Waals surface area (Å²) in [4.78, 5) is 13.7. The largest absolute Gasteiger partial charge is 0.578 e. The highest BCUT2D eigenvalue weighted by atomic mass is 35.5. The molecule has 0 amide bonds. The molecule has 5 rings (SSSR count). The summed E-state index contributed by atoms with van der Waals surface area (Å²) in [6, 6.07) is 7.32. The lowest BCUT2D eigenvalue weighted by Gasteiger charge is -2.32. The second-order valence-corrected chi connectivity index (χ2v) is 9.78. The molecule has 1 unspecified atom stereocenters. The number of ether oxygens (including phenoxy) is 1. The average molecular weight is 502 g/mol. The lowest BCUT2D eigenvalue weighted by Crippen LogP contribution is -2.49. The van der Waals surface area contributed by atoms with Gasteiger partial charge in [-0.05, 0) is 24.6 Å². The van der Waals surface area contributed by atoms with Crippen LogP contribution >= 0.6 is 11.6 Å². The minimum absolute atomic E-state index is 0.448. The number of methoxy groups -OCH3 is 1. The smallest absolute Gasteiger partial charge is 0.306 e. The van der Waals surface area contributed by atoms with E-state index in [9.17, 15) is 4.55 Å². The summed E-state index contributed by atoms with van der Waals surface area (Å²) in [5.41, 5.74) is 2.94. The van der Waals surface area contributed by atoms with Crippen LogP contribution in [0.25, 0.3) is 28.5 Å². The molecule has 1 aliphatic heterocycles. The fraction of sp³-hybridized carbons (Fsp3) is 0.318. The van der Waals surface area contributed by atoms with Crippen LogP contribution in [-0.4, -0.2) is 72.9 Å². The molecule has 0 spiro atoms. The molecule has 1 saturated heterocycles. The van der Waals surface area contributed by atoms with Crippen molar-refractivity contribution in [2.75, 3.05) is 45.7 Å². The van der Waals surface area contributed by atoms with E-state index in [-0.39, 0.29) is 0 Å². The SMILES string of the molecule is COc1cc(-c2nc3occn3c2-c2ccnc(NCCN3CCCN(C)[S+]3[O-])n2)ccc1Cl. The van der Waals surface area contributed by atoms with Gasteiger partial charge in [0.15, 0.2) is 0 Å². The highest BCUT2D eigenvalue weighted by molar-refractivity contribution is 7.86. The van der Waals surface area contributed by atoms with Gasteiger partial charge in [-0.3, -0.25) is 4.40 Å². The van der Waals surface area contributed by atoms with Crippen molar-refractivity contribution in [3.8, 4) is 28.4 Å². The van der Waals surface area contributed by atoms with Gasteiger partial charge in [0.1, 0.15) is 34.9 Å². The van der Waals surface area contributed by atoms with Gasteiger partial charge in [0.25, 0.3) is 0 Å². The lowest BCUT2D eigenvalue weighted by molar-refractivity contribution is 0.313. The van der Waals surface area contributed by atoms with E-state index in [0.717, 1.165) is 30.8 Å². The van der Waals surface area contributed by atoms with Gasteiger partial charge in [0.05, 0.1) is 24.4 Å². The van der Waals surface area contributed by atoms with Crippen LogP contribution in [0.1, 0.15) is 6.42 Å². The Hall–Kier alpha value is -2.83. The predicted molar refractivity (Wildman–Crippen MR) is 131 cm³/mol. The minimum Gasteiger partial charge on any atom is -0.578 e. The van der Waals surface area contributed by atoms with Crippen LogP contribution in [0.15, 0.2) is 47.3 Å². The molecule has 34 heavy (non-hydrogen) atoms. The van der Waals surface area contributed by atoms with E-state index in [2.05, 4.69) is 15.3 Å². The minimum atomic E-state index is -1.11. The number of benzene rings is 1. The summed E-state index contributed by atoms with van der Waals surface area (Å²) in [7, 11) is 3.45. The molecule has 3 aromatic heterocycles. The highest BCUT2D eigenvalue weighted by Gasteiger charge is 2.29. The van der Waals surface area contributed by atoms with E-state index < -0.39 is 11.5 Å². The number of nitrogens with zero attached hydrogens (tertiary/aromatic N) is 6. The second kappa shape index (κ2) is 9.80. The van der Waals surface area contributed by atoms with Crippen LogP contribution in [0.4, 0.5) is 5.95 Å². The first-order valence-corrected chi connectivity index (χ1v) is 12.2. The summed E-state index contributed by atoms with van der Waals surface area (Å²) in [6.07, 6.45) is 6.07. The molecule has 4 aromatic rings. The highest BCUT2D eigenvalue weighted by Crippen LogP contribution is 2.36. The molecule has 0 aliphatic carbocycles. The Morgan fingerprint density at radius 2 is 2.15 bits per heavy atom. The zero-order chi connectivity index (χ0) is 23.7. The van der Waals surface area contributed by atoms with E-state index in [1.54, 1.807) is 31.8 Å². The van der Waals surface area contributed by atoms with Gasteiger partial charge in [-0.25, -0.2) is 9.97 Å². The van der Waals surface area contributed by atoms with Crippen LogP contribution in [0.3, 0.4) is 0 Å². The molecule has 0 saturated carbocycles. The summed E-state index contributed by atoms with van der Waals surface area (Å²) in [6.45, 7) is 2.84. The standard InChI is InChI=1S/C22H24ClN7O3S/c1-28-9-3-10-29(34(28)31)11-8-25-21-24-7-6-17(26-21)20-19(27-22-30(20)12-13-33-22)15-4-5-16(23)18(14-15)32-2/h4-7,12-14H,3,8-11H2,1-2H3,(H,24,25,26). The van der Waals surface area contributed by atoms with E-state index in [1.807, 2.05) is 38.3 Å². The summed E-state index contributed by atoms with van der Waals surface area (Å²) < 4.78 is 28.9. The van der Waals surface area contributed by atoms with Crippen molar-refractivity contribution in [2.24, 2.45) is 0 Å². The Morgan fingerprint density at radius 1 is 1.26 bits per heavy atom. The third-order valence-corrected chi connectivity index (χ3v) is 7.43. The molecule has 1 atom stereocenters. The van der Waals surface area contributed by atoms with Crippen molar-refractivity contribution in [1.29, 1.82) is 0 Å². The van der Waals surface area contributed by atoms with Crippen LogP contribution in [0, 0.1) is 0 Å². The fourth-order valence-electron chi connectivity index (χ4n) is 3.92. The molecule has 1 N–H and O–H groups in total. The Balaban J connectivity index is 1.42. The van der Waals surface area contributed by atoms with Gasteiger partial charge >= 0.3 is 5.84 Å². The van der Waals surface area contributed by atoms with Crippen molar-refractivity contribution in [3.05, 3.63) is 47.9 Å². The van der Waals surface area contributed by atoms with Gasteiger partial charge in [-0.15, -0.1) is 8.61 Å². The molecule has 178 valence electrons. The van der Waals surface area contributed by atoms with Crippen LogP contribution in [0.2, 0.25) is 5.02 Å². The Kier molecular flexibility index (Phi) is 6.61. The van der Waals surface area contributed by atoms with Gasteiger partial charge in [0.2, 0.25) is 5.95 Å². The quantitative estimate of drug-likeness (QED) is 0.381. The van der Waals surface area contributed by atoms with E-state index in [4.69, 9.17) is 25.7 Å². The maximum atomic E-state index is 12.4. The molecule has 4 heterocycles. The van der Waals surface area contributed by atoms with Crippen molar-refractivity contribution >= 4 is 34.9 Å². The van der Waals surface area contributed by atoms with Crippen molar-refractivity contribution in [2.45, 2.75) is 6.42 Å². The normalized spacial score (nSPS) is 17.4. The van der Waals surface area contributed by atoms with E-state index in [1.165, 1.54) is 0 Å². The summed E-state index contributed by atoms with van der Waals surface area (Å²) in [5, 5.41) is 3.77. The number of halogens is 1. The molecule has 0 radical (unpaired) electrons. The zero-order valence-electron chi connectivity index (χ0n) is 18.8. The number of fused-ring (bicyclic) bond motifs is 1. The molecule has 0 bridgehead atoms. The first-order chi connectivity index (χ1) is 16.5. The second-order valence-electron chi connectivity index (χ2n) is 7.77. The Labute approximate surface area is 205 Å². The molecule has 1 aromatic carbocycles. The number of anilines is 1. The maximum absolute atomic E-state index is 12.4. The lowest BCUT2D eigenvalue weighted by atomic mass is 10.1. The number of aromatic nitrogens is 4. The monoisotopic (exact) mass is 501 g/mol. The predicted octanol–water partition coefficient (Wildman–Crippen LogP) is 3.34. The molecular formula is C22H24ClN7O3S. The van der Waals surface area contributed by atoms with Gasteiger partial charge in [-0.1, -0.05) is 17.7 Å².